The molecule has 20 heavy (non-hydrogen) atoms. The first-order valence-electron chi connectivity index (χ1n) is 6.38. The number of nitrogens with zero attached hydrogens (tertiary/aromatic N) is 3. The van der Waals surface area contributed by atoms with Gasteiger partial charge in [0.1, 0.15) is 4.90 Å². The summed E-state index contributed by atoms with van der Waals surface area (Å²) in [6.07, 6.45) is 3.13. The number of amidine groups is 1. The molecule has 0 spiro atoms. The number of sulfonamides is 1. The van der Waals surface area contributed by atoms with Gasteiger partial charge in [-0.05, 0) is 25.3 Å². The molecule has 1 aromatic carbocycles. The van der Waals surface area contributed by atoms with Crippen molar-refractivity contribution in [3.05, 3.63) is 33.9 Å². The van der Waals surface area contributed by atoms with E-state index in [1.54, 1.807) is 0 Å². The quantitative estimate of drug-likeness (QED) is 0.578. The Bertz CT molecular complexity index is 705. The first-order valence-corrected chi connectivity index (χ1v) is 7.82. The molecule has 0 aromatic heterocycles. The van der Waals surface area contributed by atoms with Crippen molar-refractivity contribution in [3.8, 4) is 0 Å². The number of likely N-dealkylation sites (tertiary alicyclic amines) is 1. The van der Waals surface area contributed by atoms with Crippen LogP contribution in [-0.2, 0) is 10.0 Å². The van der Waals surface area contributed by atoms with E-state index in [1.807, 2.05) is 4.90 Å². The first-order chi connectivity index (χ1) is 9.49. The summed E-state index contributed by atoms with van der Waals surface area (Å²) in [5, 5.41) is 10.8. The second-order valence-corrected chi connectivity index (χ2v) is 6.45. The standard InChI is InChI=1S/C12H13N3O4S/c16-15(17)9-4-5-10-11(8-9)20(18,19)13-12(10)14-6-2-1-3-7-14/h4-5,8H,1-3,6-7H2. The number of benzene rings is 1. The molecule has 0 bridgehead atoms. The van der Waals surface area contributed by atoms with Crippen molar-refractivity contribution >= 4 is 21.5 Å². The van der Waals surface area contributed by atoms with Crippen LogP contribution in [0.15, 0.2) is 27.5 Å². The summed E-state index contributed by atoms with van der Waals surface area (Å²) in [6, 6.07) is 3.88. The molecule has 2 heterocycles. The second kappa shape index (κ2) is 4.55. The maximum Gasteiger partial charge on any atom is 0.285 e. The molecule has 3 rings (SSSR count). The lowest BCUT2D eigenvalue weighted by Crippen LogP contribution is -2.35. The average Bonchev–Trinajstić information content (AvgIpc) is 2.71. The van der Waals surface area contributed by atoms with E-state index < -0.39 is 14.9 Å². The summed E-state index contributed by atoms with van der Waals surface area (Å²) in [4.78, 5) is 12.0. The monoisotopic (exact) mass is 295 g/mol. The molecule has 106 valence electrons. The zero-order valence-electron chi connectivity index (χ0n) is 10.7. The smallest absolute Gasteiger partial charge is 0.285 e. The highest BCUT2D eigenvalue weighted by Crippen LogP contribution is 2.31. The predicted molar refractivity (Wildman–Crippen MR) is 72.2 cm³/mol. The van der Waals surface area contributed by atoms with Crippen molar-refractivity contribution in [2.24, 2.45) is 4.40 Å². The predicted octanol–water partition coefficient (Wildman–Crippen LogP) is 1.53. The molecule has 0 N–H and O–H groups in total. The van der Waals surface area contributed by atoms with Crippen molar-refractivity contribution < 1.29 is 13.3 Å². The van der Waals surface area contributed by atoms with Crippen LogP contribution in [0.3, 0.4) is 0 Å². The van der Waals surface area contributed by atoms with Gasteiger partial charge in [-0.3, -0.25) is 10.1 Å². The van der Waals surface area contributed by atoms with Gasteiger partial charge in [-0.25, -0.2) is 0 Å². The number of nitro groups is 1. The van der Waals surface area contributed by atoms with E-state index in [9.17, 15) is 18.5 Å². The number of non-ortho nitro benzene ring substituents is 1. The number of fused-ring (bicyclic) bond motifs is 1. The molecule has 8 heteroatoms. The molecular weight excluding hydrogens is 282 g/mol. The van der Waals surface area contributed by atoms with E-state index in [0.29, 0.717) is 11.4 Å². The van der Waals surface area contributed by atoms with Gasteiger partial charge in [0.15, 0.2) is 5.84 Å². The summed E-state index contributed by atoms with van der Waals surface area (Å²) < 4.78 is 27.9. The van der Waals surface area contributed by atoms with Crippen LogP contribution in [0.25, 0.3) is 0 Å². The van der Waals surface area contributed by atoms with Crippen LogP contribution in [0.4, 0.5) is 5.69 Å². The van der Waals surface area contributed by atoms with E-state index in [4.69, 9.17) is 0 Å². The van der Waals surface area contributed by atoms with E-state index in [2.05, 4.69) is 4.40 Å². The molecule has 0 amide bonds. The highest BCUT2D eigenvalue weighted by molar-refractivity contribution is 7.90. The van der Waals surface area contributed by atoms with Gasteiger partial charge in [-0.15, -0.1) is 4.40 Å². The molecule has 0 radical (unpaired) electrons. The minimum Gasteiger partial charge on any atom is -0.355 e. The third kappa shape index (κ3) is 2.05. The molecule has 1 fully saturated rings. The molecule has 0 aliphatic carbocycles. The molecule has 7 nitrogen and oxygen atoms in total. The van der Waals surface area contributed by atoms with Crippen LogP contribution < -0.4 is 0 Å². The molecule has 1 aromatic rings. The molecule has 0 unspecified atom stereocenters. The summed E-state index contributed by atoms with van der Waals surface area (Å²) in [7, 11) is -3.82. The maximum absolute atomic E-state index is 12.0. The molecule has 0 atom stereocenters. The largest absolute Gasteiger partial charge is 0.355 e. The third-order valence-corrected chi connectivity index (χ3v) is 4.86. The van der Waals surface area contributed by atoms with Crippen LogP contribution in [0, 0.1) is 10.1 Å². The average molecular weight is 295 g/mol. The number of piperidine rings is 1. The van der Waals surface area contributed by atoms with Gasteiger partial charge >= 0.3 is 0 Å². The van der Waals surface area contributed by atoms with E-state index in [0.717, 1.165) is 38.4 Å². The fourth-order valence-electron chi connectivity index (χ4n) is 2.57. The Morgan fingerprint density at radius 3 is 2.55 bits per heavy atom. The highest BCUT2D eigenvalue weighted by Gasteiger charge is 2.33. The van der Waals surface area contributed by atoms with E-state index in [1.165, 1.54) is 12.1 Å². The van der Waals surface area contributed by atoms with E-state index >= 15 is 0 Å². The summed E-state index contributed by atoms with van der Waals surface area (Å²) >= 11 is 0. The molecule has 1 saturated heterocycles. The summed E-state index contributed by atoms with van der Waals surface area (Å²) in [6.45, 7) is 1.54. The van der Waals surface area contributed by atoms with Crippen molar-refractivity contribution in [2.75, 3.05) is 13.1 Å². The fourth-order valence-corrected chi connectivity index (χ4v) is 3.82. The Balaban J connectivity index is 2.07. The van der Waals surface area contributed by atoms with Crippen LogP contribution in [0.1, 0.15) is 24.8 Å². The normalized spacial score (nSPS) is 20.4. The highest BCUT2D eigenvalue weighted by atomic mass is 32.2. The zero-order valence-corrected chi connectivity index (χ0v) is 11.5. The van der Waals surface area contributed by atoms with Gasteiger partial charge in [0.2, 0.25) is 0 Å². The lowest BCUT2D eigenvalue weighted by molar-refractivity contribution is -0.385. The summed E-state index contributed by atoms with van der Waals surface area (Å²) in [5.41, 5.74) is 0.236. The van der Waals surface area contributed by atoms with E-state index in [-0.39, 0.29) is 10.6 Å². The van der Waals surface area contributed by atoms with Crippen molar-refractivity contribution in [2.45, 2.75) is 24.2 Å². The maximum atomic E-state index is 12.0. The summed E-state index contributed by atoms with van der Waals surface area (Å²) in [5.74, 6) is 0.426. The number of nitro benzene ring substituents is 1. The Kier molecular flexibility index (Phi) is 2.97. The first kappa shape index (κ1) is 13.0. The minimum absolute atomic E-state index is 0.0627. The number of rotatable bonds is 1. The Hall–Kier alpha value is -1.96. The Morgan fingerprint density at radius 1 is 1.20 bits per heavy atom. The third-order valence-electron chi connectivity index (χ3n) is 3.56. The van der Waals surface area contributed by atoms with Gasteiger partial charge in [0.25, 0.3) is 15.7 Å². The fraction of sp³-hybridized carbons (Fsp3) is 0.417. The van der Waals surface area contributed by atoms with Crippen LogP contribution in [0.5, 0.6) is 0 Å². The van der Waals surface area contributed by atoms with Gasteiger partial charge in [0.05, 0.1) is 4.92 Å². The van der Waals surface area contributed by atoms with Gasteiger partial charge in [0, 0.05) is 30.8 Å². The molecule has 2 aliphatic rings. The SMILES string of the molecule is O=[N+]([O-])c1ccc2c(c1)S(=O)(=O)N=C2N1CCCCC1. The minimum atomic E-state index is -3.82. The van der Waals surface area contributed by atoms with Crippen molar-refractivity contribution in [1.29, 1.82) is 0 Å². The Labute approximate surface area is 116 Å². The topological polar surface area (TPSA) is 92.9 Å². The second-order valence-electron chi connectivity index (χ2n) is 4.88. The van der Waals surface area contributed by atoms with Gasteiger partial charge in [-0.1, -0.05) is 0 Å². The zero-order chi connectivity index (χ0) is 14.3. The molecule has 0 saturated carbocycles. The van der Waals surface area contributed by atoms with Gasteiger partial charge in [-0.2, -0.15) is 8.42 Å². The van der Waals surface area contributed by atoms with Crippen LogP contribution in [0.2, 0.25) is 0 Å². The van der Waals surface area contributed by atoms with Crippen molar-refractivity contribution in [1.82, 2.24) is 4.90 Å². The number of hydrogen-bond acceptors (Lipinski definition) is 5. The van der Waals surface area contributed by atoms with Crippen molar-refractivity contribution in [3.63, 3.8) is 0 Å². The molecule has 2 aliphatic heterocycles. The lowest BCUT2D eigenvalue weighted by Gasteiger charge is -2.28. The Morgan fingerprint density at radius 2 is 1.90 bits per heavy atom. The lowest BCUT2D eigenvalue weighted by atomic mass is 10.1. The van der Waals surface area contributed by atoms with Gasteiger partial charge < -0.3 is 4.90 Å². The molecular formula is C12H13N3O4S. The number of hydrogen-bond donors (Lipinski definition) is 0. The van der Waals surface area contributed by atoms with Crippen LogP contribution >= 0.6 is 0 Å². The van der Waals surface area contributed by atoms with Crippen LogP contribution in [-0.4, -0.2) is 37.2 Å².